The van der Waals surface area contributed by atoms with Crippen LogP contribution in [-0.4, -0.2) is 61.7 Å². The molecule has 2 rings (SSSR count). The number of likely N-dealkylation sites (N-methyl/N-ethyl adjacent to an activating group) is 1. The highest BCUT2D eigenvalue weighted by atomic mass is 15.2. The zero-order valence-electron chi connectivity index (χ0n) is 11.1. The van der Waals surface area contributed by atoms with Gasteiger partial charge in [-0.25, -0.2) is 0 Å². The lowest BCUT2D eigenvalue weighted by atomic mass is 9.95. The SMILES string of the molecule is CCN(CC)CCN1CC2CNCC2C1C. The molecule has 3 heteroatoms. The summed E-state index contributed by atoms with van der Waals surface area (Å²) in [5.41, 5.74) is 0. The summed E-state index contributed by atoms with van der Waals surface area (Å²) in [4.78, 5) is 5.23. The Morgan fingerprint density at radius 2 is 2.00 bits per heavy atom. The maximum atomic E-state index is 3.53. The van der Waals surface area contributed by atoms with Crippen molar-refractivity contribution < 1.29 is 0 Å². The van der Waals surface area contributed by atoms with Crippen molar-refractivity contribution in [3.8, 4) is 0 Å². The second-order valence-corrected chi connectivity index (χ2v) is 5.34. The van der Waals surface area contributed by atoms with Gasteiger partial charge in [-0.05, 0) is 44.9 Å². The molecule has 3 nitrogen and oxygen atoms in total. The van der Waals surface area contributed by atoms with E-state index in [0.717, 1.165) is 17.9 Å². The first-order valence-corrected chi connectivity index (χ1v) is 6.93. The minimum atomic E-state index is 0.788. The van der Waals surface area contributed by atoms with Crippen molar-refractivity contribution in [2.24, 2.45) is 11.8 Å². The second kappa shape index (κ2) is 5.48. The summed E-state index contributed by atoms with van der Waals surface area (Å²) >= 11 is 0. The van der Waals surface area contributed by atoms with Crippen LogP contribution in [0.2, 0.25) is 0 Å². The molecule has 3 atom stereocenters. The van der Waals surface area contributed by atoms with Crippen LogP contribution >= 0.6 is 0 Å². The summed E-state index contributed by atoms with van der Waals surface area (Å²) < 4.78 is 0. The van der Waals surface area contributed by atoms with Crippen LogP contribution in [0.3, 0.4) is 0 Å². The highest BCUT2D eigenvalue weighted by molar-refractivity contribution is 4.96. The summed E-state index contributed by atoms with van der Waals surface area (Å²) in [7, 11) is 0. The lowest BCUT2D eigenvalue weighted by Crippen LogP contribution is -2.39. The number of hydrogen-bond donors (Lipinski definition) is 1. The molecule has 2 aliphatic rings. The monoisotopic (exact) mass is 225 g/mol. The van der Waals surface area contributed by atoms with Crippen molar-refractivity contribution in [3.63, 3.8) is 0 Å². The van der Waals surface area contributed by atoms with Crippen LogP contribution in [0.5, 0.6) is 0 Å². The second-order valence-electron chi connectivity index (χ2n) is 5.34. The molecule has 0 saturated carbocycles. The third-order valence-corrected chi connectivity index (χ3v) is 4.65. The summed E-state index contributed by atoms with van der Waals surface area (Å²) in [6.45, 7) is 15.6. The number of likely N-dealkylation sites (tertiary alicyclic amines) is 1. The first-order valence-electron chi connectivity index (χ1n) is 6.93. The summed E-state index contributed by atoms with van der Waals surface area (Å²) in [6, 6.07) is 0.788. The molecule has 3 unspecified atom stereocenters. The number of fused-ring (bicyclic) bond motifs is 1. The van der Waals surface area contributed by atoms with Crippen LogP contribution in [-0.2, 0) is 0 Å². The van der Waals surface area contributed by atoms with Gasteiger partial charge in [0.1, 0.15) is 0 Å². The maximum absolute atomic E-state index is 3.53. The van der Waals surface area contributed by atoms with Gasteiger partial charge in [-0.15, -0.1) is 0 Å². The standard InChI is InChI=1S/C13H27N3/c1-4-15(5-2)6-7-16-10-12-8-14-9-13(12)11(16)3/h11-14H,4-10H2,1-3H3. The van der Waals surface area contributed by atoms with Crippen LogP contribution < -0.4 is 5.32 Å². The van der Waals surface area contributed by atoms with E-state index < -0.39 is 0 Å². The van der Waals surface area contributed by atoms with Gasteiger partial charge in [0.05, 0.1) is 0 Å². The molecule has 2 heterocycles. The Kier molecular flexibility index (Phi) is 4.22. The molecule has 94 valence electrons. The molecule has 2 aliphatic heterocycles. The predicted molar refractivity (Wildman–Crippen MR) is 68.7 cm³/mol. The zero-order valence-corrected chi connectivity index (χ0v) is 11.1. The Morgan fingerprint density at radius 1 is 1.25 bits per heavy atom. The third-order valence-electron chi connectivity index (χ3n) is 4.65. The van der Waals surface area contributed by atoms with Crippen LogP contribution in [0.25, 0.3) is 0 Å². The Bertz CT molecular complexity index is 215. The molecule has 0 radical (unpaired) electrons. The Hall–Kier alpha value is -0.120. The molecular formula is C13H27N3. The largest absolute Gasteiger partial charge is 0.316 e. The van der Waals surface area contributed by atoms with Crippen molar-refractivity contribution in [2.75, 3.05) is 45.8 Å². The van der Waals surface area contributed by atoms with E-state index in [4.69, 9.17) is 0 Å². The highest BCUT2D eigenvalue weighted by Crippen LogP contribution is 2.31. The van der Waals surface area contributed by atoms with Crippen molar-refractivity contribution in [3.05, 3.63) is 0 Å². The fraction of sp³-hybridized carbons (Fsp3) is 1.00. The van der Waals surface area contributed by atoms with E-state index in [2.05, 4.69) is 35.9 Å². The number of nitrogens with zero attached hydrogens (tertiary/aromatic N) is 2. The smallest absolute Gasteiger partial charge is 0.0112 e. The van der Waals surface area contributed by atoms with Gasteiger partial charge in [-0.1, -0.05) is 13.8 Å². The zero-order chi connectivity index (χ0) is 11.5. The lowest BCUT2D eigenvalue weighted by Gasteiger charge is -2.27. The van der Waals surface area contributed by atoms with Crippen molar-refractivity contribution >= 4 is 0 Å². The summed E-state index contributed by atoms with van der Waals surface area (Å²) in [5, 5.41) is 3.53. The molecule has 0 aliphatic carbocycles. The van der Waals surface area contributed by atoms with Gasteiger partial charge in [-0.3, -0.25) is 4.90 Å². The normalized spacial score (nSPS) is 34.9. The highest BCUT2D eigenvalue weighted by Gasteiger charge is 2.41. The third kappa shape index (κ3) is 2.41. The quantitative estimate of drug-likeness (QED) is 0.749. The van der Waals surface area contributed by atoms with E-state index >= 15 is 0 Å². The minimum Gasteiger partial charge on any atom is -0.316 e. The first-order chi connectivity index (χ1) is 7.76. The summed E-state index contributed by atoms with van der Waals surface area (Å²) in [6.07, 6.45) is 0. The van der Waals surface area contributed by atoms with Crippen LogP contribution in [0.1, 0.15) is 20.8 Å². The van der Waals surface area contributed by atoms with Gasteiger partial charge in [-0.2, -0.15) is 0 Å². The molecule has 0 spiro atoms. The van der Waals surface area contributed by atoms with Crippen LogP contribution in [0.15, 0.2) is 0 Å². The van der Waals surface area contributed by atoms with E-state index in [-0.39, 0.29) is 0 Å². The van der Waals surface area contributed by atoms with E-state index in [9.17, 15) is 0 Å². The number of nitrogens with one attached hydrogen (secondary N) is 1. The summed E-state index contributed by atoms with van der Waals surface area (Å²) in [5.74, 6) is 1.84. The van der Waals surface area contributed by atoms with Crippen molar-refractivity contribution in [2.45, 2.75) is 26.8 Å². The molecule has 0 bridgehead atoms. The average Bonchev–Trinajstić information content (AvgIpc) is 2.85. The fourth-order valence-corrected chi connectivity index (χ4v) is 3.36. The molecular weight excluding hydrogens is 198 g/mol. The molecule has 2 saturated heterocycles. The van der Waals surface area contributed by atoms with E-state index in [1.54, 1.807) is 0 Å². The van der Waals surface area contributed by atoms with Crippen molar-refractivity contribution in [1.82, 2.24) is 15.1 Å². The Labute approximate surface area is 100 Å². The van der Waals surface area contributed by atoms with Gasteiger partial charge >= 0.3 is 0 Å². The molecule has 0 amide bonds. The van der Waals surface area contributed by atoms with E-state index in [0.29, 0.717) is 0 Å². The van der Waals surface area contributed by atoms with E-state index in [1.807, 2.05) is 0 Å². The molecule has 0 aromatic carbocycles. The average molecular weight is 225 g/mol. The predicted octanol–water partition coefficient (Wildman–Crippen LogP) is 0.868. The van der Waals surface area contributed by atoms with Gasteiger partial charge in [0.2, 0.25) is 0 Å². The topological polar surface area (TPSA) is 18.5 Å². The molecule has 0 aromatic heterocycles. The Morgan fingerprint density at radius 3 is 2.62 bits per heavy atom. The first kappa shape index (κ1) is 12.3. The molecule has 2 fully saturated rings. The van der Waals surface area contributed by atoms with Gasteiger partial charge in [0, 0.05) is 25.7 Å². The molecule has 1 N–H and O–H groups in total. The van der Waals surface area contributed by atoms with Crippen molar-refractivity contribution in [1.29, 1.82) is 0 Å². The molecule has 16 heavy (non-hydrogen) atoms. The fourth-order valence-electron chi connectivity index (χ4n) is 3.36. The van der Waals surface area contributed by atoms with Crippen LogP contribution in [0.4, 0.5) is 0 Å². The van der Waals surface area contributed by atoms with Gasteiger partial charge in [0.15, 0.2) is 0 Å². The van der Waals surface area contributed by atoms with Gasteiger partial charge in [0.25, 0.3) is 0 Å². The number of hydrogen-bond acceptors (Lipinski definition) is 3. The van der Waals surface area contributed by atoms with Crippen LogP contribution in [0, 0.1) is 11.8 Å². The van der Waals surface area contributed by atoms with E-state index in [1.165, 1.54) is 45.8 Å². The molecule has 0 aromatic rings. The lowest BCUT2D eigenvalue weighted by molar-refractivity contribution is 0.194. The Balaban J connectivity index is 1.78. The van der Waals surface area contributed by atoms with Gasteiger partial charge < -0.3 is 10.2 Å². The minimum absolute atomic E-state index is 0.788. The number of rotatable bonds is 5. The maximum Gasteiger partial charge on any atom is 0.0112 e.